The van der Waals surface area contributed by atoms with Gasteiger partial charge >= 0.3 is 0 Å². The minimum Gasteiger partial charge on any atom is -0.330 e. The highest BCUT2D eigenvalue weighted by Gasteiger charge is 2.36. The lowest BCUT2D eigenvalue weighted by atomic mass is 10.0. The summed E-state index contributed by atoms with van der Waals surface area (Å²) in [5.74, 6) is 0.818. The summed E-state index contributed by atoms with van der Waals surface area (Å²) in [6.07, 6.45) is 3.02. The summed E-state index contributed by atoms with van der Waals surface area (Å²) < 4.78 is 28.1. The minimum atomic E-state index is -3.23. The minimum absolute atomic E-state index is 0. The van der Waals surface area contributed by atoms with Crippen molar-refractivity contribution in [2.45, 2.75) is 26.2 Å². The van der Waals surface area contributed by atoms with Gasteiger partial charge in [0.15, 0.2) is 0 Å². The monoisotopic (exact) mass is 297 g/mol. The van der Waals surface area contributed by atoms with Gasteiger partial charge in [0.25, 0.3) is 10.2 Å². The van der Waals surface area contributed by atoms with Crippen LogP contribution in [0.15, 0.2) is 0 Å². The maximum absolute atomic E-state index is 12.4. The molecule has 0 aromatic carbocycles. The van der Waals surface area contributed by atoms with Crippen LogP contribution in [0.4, 0.5) is 0 Å². The van der Waals surface area contributed by atoms with E-state index in [-0.39, 0.29) is 12.4 Å². The van der Waals surface area contributed by atoms with Crippen molar-refractivity contribution in [3.05, 3.63) is 0 Å². The van der Waals surface area contributed by atoms with E-state index in [9.17, 15) is 8.42 Å². The zero-order valence-electron chi connectivity index (χ0n) is 10.9. The average Bonchev–Trinajstić information content (AvgIpc) is 2.78. The molecule has 2 fully saturated rings. The number of hydrogen-bond donors (Lipinski definition) is 1. The Bertz CT molecular complexity index is 363. The lowest BCUT2D eigenvalue weighted by Crippen LogP contribution is -2.47. The molecule has 0 radical (unpaired) electrons. The number of rotatable bonds is 3. The molecule has 0 aliphatic carbocycles. The first kappa shape index (κ1) is 16.2. The van der Waals surface area contributed by atoms with Crippen LogP contribution in [0.3, 0.4) is 0 Å². The van der Waals surface area contributed by atoms with Crippen molar-refractivity contribution in [1.29, 1.82) is 0 Å². The lowest BCUT2D eigenvalue weighted by molar-refractivity contribution is 0.263. The van der Waals surface area contributed by atoms with Gasteiger partial charge in [0.1, 0.15) is 0 Å². The van der Waals surface area contributed by atoms with Gasteiger partial charge in [-0.2, -0.15) is 17.0 Å². The van der Waals surface area contributed by atoms with Crippen molar-refractivity contribution in [2.75, 3.05) is 32.7 Å². The molecule has 0 amide bonds. The fourth-order valence-corrected chi connectivity index (χ4v) is 4.58. The van der Waals surface area contributed by atoms with Gasteiger partial charge in [-0.1, -0.05) is 6.92 Å². The molecule has 2 unspecified atom stereocenters. The second kappa shape index (κ2) is 6.52. The van der Waals surface area contributed by atoms with Crippen LogP contribution in [0.1, 0.15) is 26.2 Å². The predicted octanol–water partition coefficient (Wildman–Crippen LogP) is 0.666. The highest BCUT2D eigenvalue weighted by atomic mass is 35.5. The summed E-state index contributed by atoms with van der Waals surface area (Å²) in [5.41, 5.74) is 5.60. The van der Waals surface area contributed by atoms with Crippen LogP contribution in [0, 0.1) is 11.8 Å². The Kier molecular flexibility index (Phi) is 5.86. The fourth-order valence-electron chi connectivity index (χ4n) is 2.72. The number of nitrogens with zero attached hydrogens (tertiary/aromatic N) is 2. The van der Waals surface area contributed by atoms with Gasteiger partial charge in [0.05, 0.1) is 0 Å². The molecule has 2 heterocycles. The van der Waals surface area contributed by atoms with E-state index in [2.05, 4.69) is 6.92 Å². The van der Waals surface area contributed by atoms with Gasteiger partial charge in [0.2, 0.25) is 0 Å². The van der Waals surface area contributed by atoms with Crippen molar-refractivity contribution >= 4 is 22.6 Å². The summed E-state index contributed by atoms with van der Waals surface area (Å²) >= 11 is 0. The van der Waals surface area contributed by atoms with Crippen LogP contribution in [-0.4, -0.2) is 49.8 Å². The van der Waals surface area contributed by atoms with Gasteiger partial charge in [-0.15, -0.1) is 12.4 Å². The smallest absolute Gasteiger partial charge is 0.281 e. The van der Waals surface area contributed by atoms with Gasteiger partial charge in [-0.3, -0.25) is 0 Å². The molecular formula is C11H24ClN3O2S. The Hall–Kier alpha value is 0.120. The zero-order chi connectivity index (χ0) is 12.5. The molecule has 0 aromatic rings. The standard InChI is InChI=1S/C11H23N3O2S.ClH/c1-10-3-2-5-13(8-10)17(15,16)14-6-4-11(7-12)9-14;/h10-11H,2-9,12H2,1H3;1H. The maximum Gasteiger partial charge on any atom is 0.281 e. The molecule has 2 rings (SSSR count). The van der Waals surface area contributed by atoms with Gasteiger partial charge in [-0.25, -0.2) is 0 Å². The summed E-state index contributed by atoms with van der Waals surface area (Å²) in [5, 5.41) is 0. The molecule has 7 heteroatoms. The van der Waals surface area contributed by atoms with E-state index in [1.54, 1.807) is 8.61 Å². The highest BCUT2D eigenvalue weighted by molar-refractivity contribution is 7.86. The summed E-state index contributed by atoms with van der Waals surface area (Å²) in [7, 11) is -3.23. The molecule has 0 bridgehead atoms. The second-order valence-electron chi connectivity index (χ2n) is 5.36. The number of hydrogen-bond acceptors (Lipinski definition) is 3. The number of nitrogens with two attached hydrogens (primary N) is 1. The van der Waals surface area contributed by atoms with E-state index in [1.165, 1.54) is 0 Å². The Labute approximate surface area is 116 Å². The topological polar surface area (TPSA) is 66.6 Å². The van der Waals surface area contributed by atoms with Crippen LogP contribution in [0.2, 0.25) is 0 Å². The molecule has 5 nitrogen and oxygen atoms in total. The third-order valence-electron chi connectivity index (χ3n) is 3.85. The third kappa shape index (κ3) is 3.36. The Balaban J connectivity index is 0.00000162. The van der Waals surface area contributed by atoms with Crippen molar-refractivity contribution < 1.29 is 8.42 Å². The summed E-state index contributed by atoms with van der Waals surface area (Å²) in [4.78, 5) is 0. The first-order valence-corrected chi connectivity index (χ1v) is 7.89. The molecular weight excluding hydrogens is 274 g/mol. The van der Waals surface area contributed by atoms with E-state index in [0.29, 0.717) is 44.6 Å². The van der Waals surface area contributed by atoms with Crippen LogP contribution in [0.25, 0.3) is 0 Å². The molecule has 0 aromatic heterocycles. The van der Waals surface area contributed by atoms with Crippen LogP contribution in [-0.2, 0) is 10.2 Å². The summed E-state index contributed by atoms with van der Waals surface area (Å²) in [6, 6.07) is 0. The van der Waals surface area contributed by atoms with Crippen molar-refractivity contribution in [3.8, 4) is 0 Å². The fraction of sp³-hybridized carbons (Fsp3) is 1.00. The molecule has 2 N–H and O–H groups in total. The van der Waals surface area contributed by atoms with E-state index < -0.39 is 10.2 Å². The Morgan fingerprint density at radius 1 is 1.17 bits per heavy atom. The van der Waals surface area contributed by atoms with Crippen LogP contribution in [0.5, 0.6) is 0 Å². The van der Waals surface area contributed by atoms with Crippen molar-refractivity contribution in [2.24, 2.45) is 17.6 Å². The molecule has 2 aliphatic heterocycles. The van der Waals surface area contributed by atoms with Crippen LogP contribution < -0.4 is 5.73 Å². The zero-order valence-corrected chi connectivity index (χ0v) is 12.5. The van der Waals surface area contributed by atoms with Gasteiger partial charge < -0.3 is 5.73 Å². The highest BCUT2D eigenvalue weighted by Crippen LogP contribution is 2.24. The molecule has 2 aliphatic rings. The largest absolute Gasteiger partial charge is 0.330 e. The molecule has 0 saturated carbocycles. The Morgan fingerprint density at radius 3 is 2.39 bits per heavy atom. The molecule has 2 saturated heterocycles. The Morgan fingerprint density at radius 2 is 1.83 bits per heavy atom. The SMILES string of the molecule is CC1CCCN(S(=O)(=O)N2CCC(CN)C2)C1.Cl. The first-order chi connectivity index (χ1) is 8.04. The van der Waals surface area contributed by atoms with E-state index in [1.807, 2.05) is 0 Å². The average molecular weight is 298 g/mol. The van der Waals surface area contributed by atoms with Crippen LogP contribution >= 0.6 is 12.4 Å². The second-order valence-corrected chi connectivity index (χ2v) is 7.29. The molecule has 2 atom stereocenters. The van der Waals surface area contributed by atoms with E-state index in [0.717, 1.165) is 19.3 Å². The molecule has 108 valence electrons. The van der Waals surface area contributed by atoms with Gasteiger partial charge in [0, 0.05) is 26.2 Å². The maximum atomic E-state index is 12.4. The predicted molar refractivity (Wildman–Crippen MR) is 74.9 cm³/mol. The lowest BCUT2D eigenvalue weighted by Gasteiger charge is -2.33. The van der Waals surface area contributed by atoms with Crippen molar-refractivity contribution in [3.63, 3.8) is 0 Å². The third-order valence-corrected chi connectivity index (χ3v) is 5.82. The normalized spacial score (nSPS) is 31.2. The molecule has 0 spiro atoms. The van der Waals surface area contributed by atoms with E-state index >= 15 is 0 Å². The quantitative estimate of drug-likeness (QED) is 0.832. The first-order valence-electron chi connectivity index (χ1n) is 6.49. The summed E-state index contributed by atoms with van der Waals surface area (Å²) in [6.45, 7) is 5.29. The number of piperidine rings is 1. The van der Waals surface area contributed by atoms with Gasteiger partial charge in [-0.05, 0) is 37.6 Å². The molecule has 18 heavy (non-hydrogen) atoms. The van der Waals surface area contributed by atoms with Crippen molar-refractivity contribution in [1.82, 2.24) is 8.61 Å². The number of halogens is 1. The van der Waals surface area contributed by atoms with E-state index in [4.69, 9.17) is 5.73 Å².